The third kappa shape index (κ3) is 2.41. The first-order valence-corrected chi connectivity index (χ1v) is 6.11. The molecule has 0 amide bonds. The number of alkyl halides is 1. The molecule has 0 unspecified atom stereocenters. The summed E-state index contributed by atoms with van der Waals surface area (Å²) in [6, 6.07) is 6.26. The minimum Gasteiger partial charge on any atom is -0.403 e. The van der Waals surface area contributed by atoms with Crippen LogP contribution in [0.5, 0.6) is 0 Å². The van der Waals surface area contributed by atoms with E-state index < -0.39 is 0 Å². The quantitative estimate of drug-likeness (QED) is 0.665. The zero-order valence-corrected chi connectivity index (χ0v) is 10.4. The second-order valence-corrected chi connectivity index (χ2v) is 3.86. The van der Waals surface area contributed by atoms with Gasteiger partial charge in [0.05, 0.1) is 5.70 Å². The fraction of sp³-hybridized carbons (Fsp3) is 0.273. The van der Waals surface area contributed by atoms with E-state index in [1.807, 2.05) is 6.07 Å². The first-order valence-electron chi connectivity index (χ1n) is 4.58. The molecule has 1 aromatic carbocycles. The maximum atomic E-state index is 5.74. The Morgan fingerprint density at radius 3 is 2.64 bits per heavy atom. The van der Waals surface area contributed by atoms with E-state index in [0.29, 0.717) is 5.70 Å². The van der Waals surface area contributed by atoms with Gasteiger partial charge in [0.2, 0.25) is 0 Å². The summed E-state index contributed by atoms with van der Waals surface area (Å²) >= 11 is 2.37. The molecule has 14 heavy (non-hydrogen) atoms. The number of halogens is 1. The Labute approximate surface area is 98.5 Å². The Morgan fingerprint density at radius 2 is 2.14 bits per heavy atom. The van der Waals surface area contributed by atoms with Crippen LogP contribution in [0.4, 0.5) is 0 Å². The van der Waals surface area contributed by atoms with Gasteiger partial charge in [-0.1, -0.05) is 41.6 Å². The summed E-state index contributed by atoms with van der Waals surface area (Å²) in [6.45, 7) is 2.15. The fourth-order valence-corrected chi connectivity index (χ4v) is 2.11. The normalized spacial score (nSPS) is 11.7. The van der Waals surface area contributed by atoms with Gasteiger partial charge in [-0.15, -0.1) is 0 Å². The topological polar surface area (TPSA) is 52.0 Å². The number of hydrogen-bond acceptors (Lipinski definition) is 2. The highest BCUT2D eigenvalue weighted by Crippen LogP contribution is 2.18. The number of hydrogen-bond donors (Lipinski definition) is 2. The van der Waals surface area contributed by atoms with Crippen molar-refractivity contribution in [3.8, 4) is 0 Å². The molecule has 0 heterocycles. The minimum atomic E-state index is 0.639. The van der Waals surface area contributed by atoms with Gasteiger partial charge in [-0.3, -0.25) is 0 Å². The van der Waals surface area contributed by atoms with Crippen LogP contribution in [-0.2, 0) is 10.8 Å². The summed E-state index contributed by atoms with van der Waals surface area (Å²) in [6.07, 6.45) is 2.47. The molecule has 0 aromatic heterocycles. The number of aryl methyl sites for hydroxylation is 1. The summed E-state index contributed by atoms with van der Waals surface area (Å²) in [4.78, 5) is 0. The van der Waals surface area contributed by atoms with Crippen molar-refractivity contribution in [1.82, 2.24) is 0 Å². The van der Waals surface area contributed by atoms with Crippen molar-refractivity contribution in [3.63, 3.8) is 0 Å². The molecule has 0 atom stereocenters. The average Bonchev–Trinajstić information content (AvgIpc) is 2.26. The molecule has 76 valence electrons. The maximum Gasteiger partial charge on any atom is 0.0545 e. The van der Waals surface area contributed by atoms with Gasteiger partial charge in [-0.25, -0.2) is 0 Å². The zero-order chi connectivity index (χ0) is 10.6. The molecule has 3 heteroatoms. The molecule has 0 bridgehead atoms. The van der Waals surface area contributed by atoms with Gasteiger partial charge in [0.1, 0.15) is 0 Å². The average molecular weight is 302 g/mol. The highest BCUT2D eigenvalue weighted by molar-refractivity contribution is 14.1. The van der Waals surface area contributed by atoms with Gasteiger partial charge < -0.3 is 11.5 Å². The van der Waals surface area contributed by atoms with Crippen molar-refractivity contribution in [1.29, 1.82) is 0 Å². The molecule has 0 fully saturated rings. The molecule has 4 N–H and O–H groups in total. The van der Waals surface area contributed by atoms with Gasteiger partial charge in [-0.05, 0) is 29.2 Å². The first-order chi connectivity index (χ1) is 6.72. The highest BCUT2D eigenvalue weighted by Gasteiger charge is 2.02. The highest BCUT2D eigenvalue weighted by atomic mass is 127. The SMILES string of the molecule is CCc1cc(/C(N)=C/N)ccc1CI. The second-order valence-electron chi connectivity index (χ2n) is 3.09. The van der Waals surface area contributed by atoms with Crippen LogP contribution in [0.25, 0.3) is 5.70 Å². The van der Waals surface area contributed by atoms with Crippen LogP contribution in [0.1, 0.15) is 23.6 Å². The Balaban J connectivity index is 3.14. The largest absolute Gasteiger partial charge is 0.403 e. The fourth-order valence-electron chi connectivity index (χ4n) is 1.36. The Hall–Kier alpha value is -0.710. The summed E-state index contributed by atoms with van der Waals surface area (Å²) in [5, 5.41) is 0. The summed E-state index contributed by atoms with van der Waals surface area (Å²) in [5.74, 6) is 0. The third-order valence-electron chi connectivity index (χ3n) is 2.24. The van der Waals surface area contributed by atoms with Crippen LogP contribution in [0.3, 0.4) is 0 Å². The number of benzene rings is 1. The molecule has 0 spiro atoms. The monoisotopic (exact) mass is 302 g/mol. The lowest BCUT2D eigenvalue weighted by Crippen LogP contribution is -2.01. The molecule has 2 nitrogen and oxygen atoms in total. The molecular weight excluding hydrogens is 287 g/mol. The second kappa shape index (κ2) is 5.24. The summed E-state index contributed by atoms with van der Waals surface area (Å²) in [5.41, 5.74) is 15.5. The molecule has 0 aliphatic carbocycles. The maximum absolute atomic E-state index is 5.74. The van der Waals surface area contributed by atoms with Crippen LogP contribution < -0.4 is 11.5 Å². The van der Waals surface area contributed by atoms with Crippen LogP contribution in [-0.4, -0.2) is 0 Å². The van der Waals surface area contributed by atoms with Crippen LogP contribution in [0.15, 0.2) is 24.4 Å². The van der Waals surface area contributed by atoms with Gasteiger partial charge in [0, 0.05) is 10.6 Å². The molecule has 0 aliphatic rings. The van der Waals surface area contributed by atoms with E-state index in [1.54, 1.807) is 0 Å². The van der Waals surface area contributed by atoms with Crippen LogP contribution in [0, 0.1) is 0 Å². The lowest BCUT2D eigenvalue weighted by molar-refractivity contribution is 1.10. The van der Waals surface area contributed by atoms with Gasteiger partial charge in [0.15, 0.2) is 0 Å². The molecule has 1 aromatic rings. The van der Waals surface area contributed by atoms with Crippen LogP contribution in [0.2, 0.25) is 0 Å². The summed E-state index contributed by atoms with van der Waals surface area (Å²) < 4.78 is 1.04. The smallest absolute Gasteiger partial charge is 0.0545 e. The zero-order valence-electron chi connectivity index (χ0n) is 8.26. The Bertz CT molecular complexity index is 345. The lowest BCUT2D eigenvalue weighted by Gasteiger charge is -2.08. The van der Waals surface area contributed by atoms with Crippen molar-refractivity contribution in [3.05, 3.63) is 41.1 Å². The number of rotatable bonds is 3. The van der Waals surface area contributed by atoms with Crippen molar-refractivity contribution < 1.29 is 0 Å². The van der Waals surface area contributed by atoms with Gasteiger partial charge in [0.25, 0.3) is 0 Å². The van der Waals surface area contributed by atoms with E-state index in [2.05, 4.69) is 41.6 Å². The van der Waals surface area contributed by atoms with Gasteiger partial charge in [-0.2, -0.15) is 0 Å². The Kier molecular flexibility index (Phi) is 4.25. The van der Waals surface area contributed by atoms with Crippen molar-refractivity contribution in [2.24, 2.45) is 11.5 Å². The van der Waals surface area contributed by atoms with E-state index in [9.17, 15) is 0 Å². The van der Waals surface area contributed by atoms with Crippen molar-refractivity contribution >= 4 is 28.3 Å². The van der Waals surface area contributed by atoms with E-state index >= 15 is 0 Å². The molecule has 0 saturated heterocycles. The van der Waals surface area contributed by atoms with Crippen LogP contribution >= 0.6 is 22.6 Å². The number of nitrogens with two attached hydrogens (primary N) is 2. The molecular formula is C11H15IN2. The van der Waals surface area contributed by atoms with E-state index in [0.717, 1.165) is 16.4 Å². The summed E-state index contributed by atoms with van der Waals surface area (Å²) in [7, 11) is 0. The molecule has 0 radical (unpaired) electrons. The molecule has 1 rings (SSSR count). The Morgan fingerprint density at radius 1 is 1.43 bits per heavy atom. The third-order valence-corrected chi connectivity index (χ3v) is 3.07. The predicted molar refractivity (Wildman–Crippen MR) is 69.9 cm³/mol. The van der Waals surface area contributed by atoms with Crippen molar-refractivity contribution in [2.45, 2.75) is 17.8 Å². The van der Waals surface area contributed by atoms with E-state index in [1.165, 1.54) is 17.3 Å². The minimum absolute atomic E-state index is 0.639. The molecule has 0 aliphatic heterocycles. The molecule has 0 saturated carbocycles. The van der Waals surface area contributed by atoms with E-state index in [4.69, 9.17) is 11.5 Å². The lowest BCUT2D eigenvalue weighted by atomic mass is 10.0. The predicted octanol–water partition coefficient (Wildman–Crippen LogP) is 2.40. The van der Waals surface area contributed by atoms with Gasteiger partial charge >= 0.3 is 0 Å². The first kappa shape index (κ1) is 11.4. The van der Waals surface area contributed by atoms with E-state index in [-0.39, 0.29) is 0 Å². The standard InChI is InChI=1S/C11H15IN2/c1-2-8-5-9(11(14)7-13)3-4-10(8)6-12/h3-5,7H,2,6,13-14H2,1H3/b11-7-. The van der Waals surface area contributed by atoms with Crippen molar-refractivity contribution in [2.75, 3.05) is 0 Å².